The Labute approximate surface area is 107 Å². The van der Waals surface area contributed by atoms with E-state index >= 15 is 0 Å². The summed E-state index contributed by atoms with van der Waals surface area (Å²) in [7, 11) is 1.74. The van der Waals surface area contributed by atoms with Gasteiger partial charge in [0.15, 0.2) is 0 Å². The van der Waals surface area contributed by atoms with Crippen LogP contribution in [-0.4, -0.2) is 20.8 Å². The monoisotopic (exact) mass is 276 g/mol. The van der Waals surface area contributed by atoms with E-state index in [1.54, 1.807) is 0 Å². The van der Waals surface area contributed by atoms with E-state index in [1.165, 1.54) is 5.56 Å². The van der Waals surface area contributed by atoms with Crippen LogP contribution in [0.25, 0.3) is 0 Å². The molecule has 0 saturated heterocycles. The predicted molar refractivity (Wildman–Crippen MR) is 70.3 cm³/mol. The Morgan fingerprint density at radius 3 is 2.53 bits per heavy atom. The van der Waals surface area contributed by atoms with E-state index in [2.05, 4.69) is 6.07 Å². The van der Waals surface area contributed by atoms with Gasteiger partial charge in [-0.05, 0) is 38.3 Å². The third kappa shape index (κ3) is 5.94. The first-order chi connectivity index (χ1) is 7.88. The van der Waals surface area contributed by atoms with Crippen LogP contribution in [0.3, 0.4) is 0 Å². The first-order valence-electron chi connectivity index (χ1n) is 5.51. The number of unbranched alkanes of at least 4 members (excludes halogenated alkanes) is 1. The Balaban J connectivity index is 2.32. The molecule has 0 aliphatic heterocycles. The van der Waals surface area contributed by atoms with Crippen molar-refractivity contribution in [2.75, 3.05) is 12.4 Å². The van der Waals surface area contributed by atoms with E-state index in [1.807, 2.05) is 26.0 Å². The van der Waals surface area contributed by atoms with E-state index in [4.69, 9.17) is 15.4 Å². The fourth-order valence-electron chi connectivity index (χ4n) is 1.52. The minimum atomic E-state index is -3.37. The lowest BCUT2D eigenvalue weighted by Gasteiger charge is -2.09. The minimum Gasteiger partial charge on any atom is -0.493 e. The van der Waals surface area contributed by atoms with Crippen molar-refractivity contribution in [3.05, 3.63) is 29.3 Å². The molecule has 0 fully saturated rings. The molecular formula is C12H17ClO3S. The molecular weight excluding hydrogens is 260 g/mol. The van der Waals surface area contributed by atoms with Crippen molar-refractivity contribution < 1.29 is 13.2 Å². The van der Waals surface area contributed by atoms with Crippen molar-refractivity contribution in [2.45, 2.75) is 26.7 Å². The molecule has 17 heavy (non-hydrogen) atoms. The molecule has 5 heteroatoms. The SMILES string of the molecule is Cc1ccc(OCCCCS(=O)(=O)Cl)c(C)c1. The Bertz CT molecular complexity index is 469. The van der Waals surface area contributed by atoms with E-state index in [0.717, 1.165) is 11.3 Å². The second kappa shape index (κ2) is 6.26. The van der Waals surface area contributed by atoms with Crippen LogP contribution < -0.4 is 4.74 Å². The quantitative estimate of drug-likeness (QED) is 0.592. The number of halogens is 1. The summed E-state index contributed by atoms with van der Waals surface area (Å²) >= 11 is 0. The highest BCUT2D eigenvalue weighted by atomic mass is 35.7. The molecule has 0 aliphatic carbocycles. The average molecular weight is 277 g/mol. The van der Waals surface area contributed by atoms with Crippen LogP contribution >= 0.6 is 10.7 Å². The van der Waals surface area contributed by atoms with Gasteiger partial charge in [0.2, 0.25) is 9.05 Å². The van der Waals surface area contributed by atoms with E-state index in [-0.39, 0.29) is 5.75 Å². The van der Waals surface area contributed by atoms with Gasteiger partial charge in [-0.25, -0.2) is 8.42 Å². The molecule has 1 rings (SSSR count). The van der Waals surface area contributed by atoms with Crippen LogP contribution in [0.1, 0.15) is 24.0 Å². The largest absolute Gasteiger partial charge is 0.493 e. The van der Waals surface area contributed by atoms with Gasteiger partial charge in [-0.15, -0.1) is 0 Å². The Morgan fingerprint density at radius 1 is 1.24 bits per heavy atom. The highest BCUT2D eigenvalue weighted by Crippen LogP contribution is 2.18. The molecule has 0 saturated carbocycles. The van der Waals surface area contributed by atoms with Gasteiger partial charge < -0.3 is 4.74 Å². The highest BCUT2D eigenvalue weighted by molar-refractivity contribution is 8.13. The molecule has 0 N–H and O–H groups in total. The highest BCUT2D eigenvalue weighted by Gasteiger charge is 2.04. The van der Waals surface area contributed by atoms with E-state index < -0.39 is 9.05 Å². The van der Waals surface area contributed by atoms with Crippen LogP contribution in [0, 0.1) is 13.8 Å². The van der Waals surface area contributed by atoms with Crippen molar-refractivity contribution in [3.63, 3.8) is 0 Å². The van der Waals surface area contributed by atoms with Gasteiger partial charge in [-0.3, -0.25) is 0 Å². The average Bonchev–Trinajstić information content (AvgIpc) is 2.18. The zero-order chi connectivity index (χ0) is 12.9. The molecule has 96 valence electrons. The summed E-state index contributed by atoms with van der Waals surface area (Å²) in [6.07, 6.45) is 1.20. The summed E-state index contributed by atoms with van der Waals surface area (Å²) in [6, 6.07) is 5.98. The molecule has 1 aromatic rings. The van der Waals surface area contributed by atoms with Crippen molar-refractivity contribution in [3.8, 4) is 5.75 Å². The minimum absolute atomic E-state index is 0.00476. The van der Waals surface area contributed by atoms with Crippen LogP contribution in [0.15, 0.2) is 18.2 Å². The maximum absolute atomic E-state index is 10.7. The van der Waals surface area contributed by atoms with Gasteiger partial charge in [0.05, 0.1) is 12.4 Å². The van der Waals surface area contributed by atoms with Gasteiger partial charge in [0, 0.05) is 10.7 Å². The maximum atomic E-state index is 10.7. The lowest BCUT2D eigenvalue weighted by Crippen LogP contribution is -2.03. The summed E-state index contributed by atoms with van der Waals surface area (Å²) in [6.45, 7) is 4.53. The van der Waals surface area contributed by atoms with Crippen molar-refractivity contribution >= 4 is 19.7 Å². The summed E-state index contributed by atoms with van der Waals surface area (Å²) in [5.41, 5.74) is 2.29. The van der Waals surface area contributed by atoms with Gasteiger partial charge in [-0.2, -0.15) is 0 Å². The smallest absolute Gasteiger partial charge is 0.232 e. The summed E-state index contributed by atoms with van der Waals surface area (Å²) in [5.74, 6) is 0.856. The van der Waals surface area contributed by atoms with Crippen molar-refractivity contribution in [2.24, 2.45) is 0 Å². The molecule has 0 aliphatic rings. The van der Waals surface area contributed by atoms with Crippen LogP contribution in [0.4, 0.5) is 0 Å². The number of hydrogen-bond acceptors (Lipinski definition) is 3. The summed E-state index contributed by atoms with van der Waals surface area (Å²) in [4.78, 5) is 0. The number of hydrogen-bond donors (Lipinski definition) is 0. The standard InChI is InChI=1S/C12H17ClO3S/c1-10-5-6-12(11(2)9-10)16-7-3-4-8-17(13,14)15/h5-6,9H,3-4,7-8H2,1-2H3. The van der Waals surface area contributed by atoms with E-state index in [0.29, 0.717) is 19.4 Å². The topological polar surface area (TPSA) is 43.4 Å². The molecule has 0 atom stereocenters. The van der Waals surface area contributed by atoms with Gasteiger partial charge in [0.1, 0.15) is 5.75 Å². The van der Waals surface area contributed by atoms with Gasteiger partial charge in [0.25, 0.3) is 0 Å². The number of ether oxygens (including phenoxy) is 1. The fourth-order valence-corrected chi connectivity index (χ4v) is 2.40. The lowest BCUT2D eigenvalue weighted by atomic mass is 10.1. The van der Waals surface area contributed by atoms with Gasteiger partial charge in [-0.1, -0.05) is 17.7 Å². The second-order valence-corrected chi connectivity index (χ2v) is 6.96. The Morgan fingerprint density at radius 2 is 1.94 bits per heavy atom. The number of rotatable bonds is 6. The normalized spacial score (nSPS) is 11.5. The third-order valence-electron chi connectivity index (χ3n) is 2.37. The number of benzene rings is 1. The van der Waals surface area contributed by atoms with Gasteiger partial charge >= 0.3 is 0 Å². The molecule has 0 amide bonds. The zero-order valence-electron chi connectivity index (χ0n) is 10.1. The molecule has 0 aromatic heterocycles. The van der Waals surface area contributed by atoms with E-state index in [9.17, 15) is 8.42 Å². The van der Waals surface area contributed by atoms with Crippen molar-refractivity contribution in [1.82, 2.24) is 0 Å². The molecule has 1 aromatic carbocycles. The summed E-state index contributed by atoms with van der Waals surface area (Å²) < 4.78 is 26.9. The number of aryl methyl sites for hydroxylation is 2. The first-order valence-corrected chi connectivity index (χ1v) is 7.99. The predicted octanol–water partition coefficient (Wildman–Crippen LogP) is 3.03. The lowest BCUT2D eigenvalue weighted by molar-refractivity contribution is 0.307. The summed E-state index contributed by atoms with van der Waals surface area (Å²) in [5, 5.41) is 0. The fraction of sp³-hybridized carbons (Fsp3) is 0.500. The first kappa shape index (κ1) is 14.3. The second-order valence-electron chi connectivity index (χ2n) is 4.07. The third-order valence-corrected chi connectivity index (χ3v) is 3.61. The van der Waals surface area contributed by atoms with Crippen LogP contribution in [0.2, 0.25) is 0 Å². The van der Waals surface area contributed by atoms with Crippen LogP contribution in [-0.2, 0) is 9.05 Å². The van der Waals surface area contributed by atoms with Crippen molar-refractivity contribution in [1.29, 1.82) is 0 Å². The zero-order valence-corrected chi connectivity index (χ0v) is 11.6. The Hall–Kier alpha value is -0.740. The maximum Gasteiger partial charge on any atom is 0.232 e. The molecule has 3 nitrogen and oxygen atoms in total. The molecule has 0 heterocycles. The Kier molecular flexibility index (Phi) is 5.28. The van der Waals surface area contributed by atoms with Crippen LogP contribution in [0.5, 0.6) is 5.75 Å². The molecule has 0 unspecified atom stereocenters. The molecule has 0 spiro atoms. The molecule has 0 bridgehead atoms. The molecule has 0 radical (unpaired) electrons.